The van der Waals surface area contributed by atoms with Crippen molar-refractivity contribution < 1.29 is 9.21 Å². The summed E-state index contributed by atoms with van der Waals surface area (Å²) in [5, 5.41) is 18.3. The van der Waals surface area contributed by atoms with E-state index in [1.165, 1.54) is 11.8 Å². The number of hydrogen-bond donors (Lipinski definition) is 0. The summed E-state index contributed by atoms with van der Waals surface area (Å²) in [5.41, 5.74) is 3.81. The van der Waals surface area contributed by atoms with Crippen molar-refractivity contribution in [2.24, 2.45) is 0 Å². The van der Waals surface area contributed by atoms with Crippen LogP contribution in [0.5, 0.6) is 0 Å². The van der Waals surface area contributed by atoms with Gasteiger partial charge in [-0.3, -0.25) is 9.36 Å². The molecule has 0 N–H and O–H groups in total. The third-order valence-corrected chi connectivity index (χ3v) is 5.67. The fraction of sp³-hybridized carbons (Fsp3) is 0.304. The summed E-state index contributed by atoms with van der Waals surface area (Å²) in [6.45, 7) is 10.5. The average Bonchev–Trinajstić information content (AvgIpc) is 3.32. The largest absolute Gasteiger partial charge is 0.469 e. The maximum atomic E-state index is 13.1. The number of aromatic nitrogens is 3. The van der Waals surface area contributed by atoms with E-state index in [1.54, 1.807) is 17.2 Å². The highest BCUT2D eigenvalue weighted by Crippen LogP contribution is 2.28. The quantitative estimate of drug-likeness (QED) is 0.358. The molecule has 0 aliphatic rings. The molecule has 0 spiro atoms. The number of benzene rings is 1. The van der Waals surface area contributed by atoms with Crippen LogP contribution in [0, 0.1) is 32.1 Å². The van der Waals surface area contributed by atoms with Gasteiger partial charge in [0.05, 0.1) is 30.1 Å². The highest BCUT2D eigenvalue weighted by molar-refractivity contribution is 7.99. The number of thioether (sulfide) groups is 1. The van der Waals surface area contributed by atoms with E-state index in [0.29, 0.717) is 24.1 Å². The minimum Gasteiger partial charge on any atom is -0.469 e. The zero-order chi connectivity index (χ0) is 22.4. The van der Waals surface area contributed by atoms with Crippen LogP contribution in [-0.2, 0) is 11.3 Å². The lowest BCUT2D eigenvalue weighted by Gasteiger charge is -2.22. The molecule has 3 rings (SSSR count). The van der Waals surface area contributed by atoms with Gasteiger partial charge in [0.1, 0.15) is 5.76 Å². The molecule has 3 aromatic rings. The average molecular weight is 436 g/mol. The number of amides is 1. The molecule has 2 aromatic heterocycles. The Bertz CT molecular complexity index is 1110. The van der Waals surface area contributed by atoms with Crippen molar-refractivity contribution in [3.8, 4) is 17.5 Å². The first-order valence-electron chi connectivity index (χ1n) is 9.91. The molecule has 2 heterocycles. The van der Waals surface area contributed by atoms with Gasteiger partial charge in [-0.25, -0.2) is 0 Å². The second kappa shape index (κ2) is 10.1. The summed E-state index contributed by atoms with van der Waals surface area (Å²) in [7, 11) is 0. The Morgan fingerprint density at radius 3 is 2.65 bits per heavy atom. The van der Waals surface area contributed by atoms with Crippen LogP contribution >= 0.6 is 11.8 Å². The number of carbonyl (C=O) groups excluding carboxylic acids is 1. The molecule has 1 amide bonds. The third kappa shape index (κ3) is 5.25. The van der Waals surface area contributed by atoms with E-state index in [9.17, 15) is 4.79 Å². The lowest BCUT2D eigenvalue weighted by atomic mass is 10.1. The highest BCUT2D eigenvalue weighted by atomic mass is 32.2. The molecule has 0 fully saturated rings. The predicted molar refractivity (Wildman–Crippen MR) is 122 cm³/mol. The van der Waals surface area contributed by atoms with Gasteiger partial charge in [-0.1, -0.05) is 23.9 Å². The van der Waals surface area contributed by atoms with Crippen molar-refractivity contribution in [1.82, 2.24) is 14.8 Å². The minimum atomic E-state index is -0.0838. The SMILES string of the molecule is C=CCn1c(SCC(=O)N(CCC#N)c2cc(C)cc(C)c2)nnc1-c1ccoc1C. The number of nitriles is 1. The van der Waals surface area contributed by atoms with E-state index in [-0.39, 0.29) is 18.1 Å². The van der Waals surface area contributed by atoms with Crippen LogP contribution in [0.15, 0.2) is 52.8 Å². The van der Waals surface area contributed by atoms with Gasteiger partial charge in [-0.2, -0.15) is 5.26 Å². The summed E-state index contributed by atoms with van der Waals surface area (Å²) in [6, 6.07) is 9.97. The number of anilines is 1. The number of rotatable bonds is 9. The monoisotopic (exact) mass is 435 g/mol. The molecular formula is C23H25N5O2S. The number of nitrogens with zero attached hydrogens (tertiary/aromatic N) is 5. The van der Waals surface area contributed by atoms with Crippen LogP contribution in [0.4, 0.5) is 5.69 Å². The molecule has 0 aliphatic heterocycles. The summed E-state index contributed by atoms with van der Waals surface area (Å²) >= 11 is 1.32. The Balaban J connectivity index is 1.82. The van der Waals surface area contributed by atoms with Crippen LogP contribution in [0.25, 0.3) is 11.4 Å². The molecular weight excluding hydrogens is 410 g/mol. The minimum absolute atomic E-state index is 0.0838. The van der Waals surface area contributed by atoms with E-state index >= 15 is 0 Å². The van der Waals surface area contributed by atoms with Crippen molar-refractivity contribution in [1.29, 1.82) is 5.26 Å². The second-order valence-corrected chi connectivity index (χ2v) is 8.13. The standard InChI is InChI=1S/C23H25N5O2S/c1-5-9-28-22(20-7-11-30-18(20)4)25-26-23(28)31-15-21(29)27(10-6-8-24)19-13-16(2)12-17(3)14-19/h5,7,11-14H,1,6,9-10,15H2,2-4H3. The van der Waals surface area contributed by atoms with Crippen molar-refractivity contribution in [3.05, 3.63) is 60.1 Å². The molecule has 0 saturated carbocycles. The smallest absolute Gasteiger partial charge is 0.237 e. The van der Waals surface area contributed by atoms with Crippen molar-refractivity contribution >= 4 is 23.4 Å². The van der Waals surface area contributed by atoms with Crippen LogP contribution in [0.2, 0.25) is 0 Å². The fourth-order valence-corrected chi connectivity index (χ4v) is 4.20. The van der Waals surface area contributed by atoms with Gasteiger partial charge in [0.2, 0.25) is 5.91 Å². The van der Waals surface area contributed by atoms with Crippen LogP contribution in [0.1, 0.15) is 23.3 Å². The molecule has 160 valence electrons. The van der Waals surface area contributed by atoms with Gasteiger partial charge >= 0.3 is 0 Å². The number of furan rings is 1. The topological polar surface area (TPSA) is 88.0 Å². The van der Waals surface area contributed by atoms with Crippen molar-refractivity contribution in [3.63, 3.8) is 0 Å². The lowest BCUT2D eigenvalue weighted by molar-refractivity contribution is -0.116. The molecule has 1 aromatic carbocycles. The molecule has 0 saturated heterocycles. The first-order chi connectivity index (χ1) is 14.9. The van der Waals surface area contributed by atoms with E-state index in [1.807, 2.05) is 43.5 Å². The van der Waals surface area contributed by atoms with Crippen LogP contribution in [0.3, 0.4) is 0 Å². The van der Waals surface area contributed by atoms with E-state index in [2.05, 4.69) is 28.9 Å². The van der Waals surface area contributed by atoms with Gasteiger partial charge in [0, 0.05) is 18.8 Å². The first kappa shape index (κ1) is 22.4. The number of allylic oxidation sites excluding steroid dienone is 1. The van der Waals surface area contributed by atoms with Crippen molar-refractivity contribution in [2.75, 3.05) is 17.2 Å². The zero-order valence-electron chi connectivity index (χ0n) is 18.0. The Labute approximate surface area is 186 Å². The molecule has 0 radical (unpaired) electrons. The van der Waals surface area contributed by atoms with E-state index in [4.69, 9.17) is 9.68 Å². The normalized spacial score (nSPS) is 10.6. The molecule has 0 aliphatic carbocycles. The maximum Gasteiger partial charge on any atom is 0.237 e. The lowest BCUT2D eigenvalue weighted by Crippen LogP contribution is -2.33. The maximum absolute atomic E-state index is 13.1. The Morgan fingerprint density at radius 1 is 1.29 bits per heavy atom. The Kier molecular flexibility index (Phi) is 7.32. The first-order valence-corrected chi connectivity index (χ1v) is 10.9. The van der Waals surface area contributed by atoms with Gasteiger partial charge in [0.15, 0.2) is 11.0 Å². The number of hydrogen-bond acceptors (Lipinski definition) is 6. The molecule has 7 nitrogen and oxygen atoms in total. The molecule has 31 heavy (non-hydrogen) atoms. The van der Waals surface area contributed by atoms with Gasteiger partial charge in [-0.15, -0.1) is 16.8 Å². The highest BCUT2D eigenvalue weighted by Gasteiger charge is 2.20. The molecule has 8 heteroatoms. The second-order valence-electron chi connectivity index (χ2n) is 7.18. The fourth-order valence-electron chi connectivity index (χ4n) is 3.38. The number of carbonyl (C=O) groups is 1. The third-order valence-electron chi connectivity index (χ3n) is 4.72. The van der Waals surface area contributed by atoms with Crippen LogP contribution < -0.4 is 4.90 Å². The summed E-state index contributed by atoms with van der Waals surface area (Å²) < 4.78 is 7.31. The molecule has 0 atom stereocenters. The molecule has 0 unspecified atom stereocenters. The summed E-state index contributed by atoms with van der Waals surface area (Å²) in [5.74, 6) is 1.52. The van der Waals surface area contributed by atoms with Gasteiger partial charge in [-0.05, 0) is 50.1 Å². The van der Waals surface area contributed by atoms with Gasteiger partial charge < -0.3 is 9.32 Å². The Morgan fingerprint density at radius 2 is 2.03 bits per heavy atom. The van der Waals surface area contributed by atoms with Crippen LogP contribution in [-0.4, -0.2) is 33.0 Å². The zero-order valence-corrected chi connectivity index (χ0v) is 18.8. The van der Waals surface area contributed by atoms with E-state index in [0.717, 1.165) is 28.1 Å². The Hall–Kier alpha value is -3.31. The predicted octanol–water partition coefficient (Wildman–Crippen LogP) is 4.69. The summed E-state index contributed by atoms with van der Waals surface area (Å²) in [4.78, 5) is 14.8. The summed E-state index contributed by atoms with van der Waals surface area (Å²) in [6.07, 6.45) is 3.65. The van der Waals surface area contributed by atoms with Crippen molar-refractivity contribution in [2.45, 2.75) is 38.9 Å². The molecule has 0 bridgehead atoms. The number of aryl methyl sites for hydroxylation is 3. The van der Waals surface area contributed by atoms with E-state index < -0.39 is 0 Å². The van der Waals surface area contributed by atoms with Gasteiger partial charge in [0.25, 0.3) is 0 Å².